The van der Waals surface area contributed by atoms with E-state index >= 15 is 0 Å². The number of fused-ring (bicyclic) bond motifs is 15. The fourth-order valence-electron chi connectivity index (χ4n) is 12.3. The summed E-state index contributed by atoms with van der Waals surface area (Å²) < 4.78 is 11.9. The lowest BCUT2D eigenvalue weighted by Gasteiger charge is -2.20. The first-order chi connectivity index (χ1) is 36.3. The molecule has 9 aromatic carbocycles. The van der Waals surface area contributed by atoms with Crippen molar-refractivity contribution in [3.63, 3.8) is 0 Å². The van der Waals surface area contributed by atoms with E-state index in [4.69, 9.17) is 15.0 Å². The van der Waals surface area contributed by atoms with Crippen molar-refractivity contribution in [1.29, 1.82) is 0 Å². The second-order valence-electron chi connectivity index (χ2n) is 19.1. The van der Waals surface area contributed by atoms with Crippen molar-refractivity contribution in [3.8, 4) is 51.5 Å². The van der Waals surface area contributed by atoms with Gasteiger partial charge in [0.25, 0.3) is 0 Å². The van der Waals surface area contributed by atoms with Crippen molar-refractivity contribution in [2.24, 2.45) is 0 Å². The molecule has 0 aliphatic heterocycles. The zero-order valence-corrected chi connectivity index (χ0v) is 39.4. The smallest absolute Gasteiger partial charge is 0.237 e. The Kier molecular flexibility index (Phi) is 8.41. The summed E-state index contributed by atoms with van der Waals surface area (Å²) in [6.07, 6.45) is 1.78. The SMILES string of the molecule is c1ccc(-c2nc(-n3c4ccccc4c4c3ccc3c5ccccc5n(-c5ccccc5)c34)nc3nc(-n4c5c(c6ccccc64)CCc4c-5c5ccccc5n4-c4ccccc4)n(-c4ccccc4)c23)cc1. The molecule has 0 atom stereocenters. The highest BCUT2D eigenvalue weighted by atomic mass is 15.3. The number of rotatable bonds is 6. The minimum Gasteiger partial charge on any atom is -0.313 e. The van der Waals surface area contributed by atoms with Crippen LogP contribution in [-0.2, 0) is 12.8 Å². The number of para-hydroxylation sites is 7. The molecule has 0 saturated heterocycles. The molecule has 0 unspecified atom stereocenters. The first-order valence-electron chi connectivity index (χ1n) is 25.0. The second kappa shape index (κ2) is 15.4. The van der Waals surface area contributed by atoms with Gasteiger partial charge in [0, 0.05) is 66.2 Å². The van der Waals surface area contributed by atoms with E-state index in [9.17, 15) is 0 Å². The van der Waals surface area contributed by atoms with Gasteiger partial charge in [-0.15, -0.1) is 0 Å². The van der Waals surface area contributed by atoms with Crippen LogP contribution in [0.1, 0.15) is 11.3 Å². The lowest BCUT2D eigenvalue weighted by Crippen LogP contribution is -2.12. The molecule has 15 aromatic rings. The van der Waals surface area contributed by atoms with Crippen molar-refractivity contribution < 1.29 is 0 Å². The molecule has 6 heterocycles. The Hall–Kier alpha value is -9.79. The molecule has 16 rings (SSSR count). The maximum absolute atomic E-state index is 5.81. The molecule has 0 fully saturated rings. The molecule has 0 N–H and O–H groups in total. The van der Waals surface area contributed by atoms with E-state index < -0.39 is 0 Å². The van der Waals surface area contributed by atoms with Crippen LogP contribution in [0, 0.1) is 0 Å². The summed E-state index contributed by atoms with van der Waals surface area (Å²) in [6, 6.07) is 82.3. The Labute approximate surface area is 418 Å². The molecule has 0 radical (unpaired) electrons. The largest absolute Gasteiger partial charge is 0.313 e. The average molecular weight is 935 g/mol. The third-order valence-electron chi connectivity index (χ3n) is 15.2. The third kappa shape index (κ3) is 5.63. The van der Waals surface area contributed by atoms with Gasteiger partial charge in [0.1, 0.15) is 11.2 Å². The van der Waals surface area contributed by atoms with E-state index in [0.29, 0.717) is 11.6 Å². The van der Waals surface area contributed by atoms with Crippen LogP contribution in [0.15, 0.2) is 231 Å². The van der Waals surface area contributed by atoms with E-state index in [0.717, 1.165) is 96.7 Å². The van der Waals surface area contributed by atoms with Gasteiger partial charge in [-0.2, -0.15) is 9.97 Å². The summed E-state index contributed by atoms with van der Waals surface area (Å²) in [7, 11) is 0. The molecule has 1 aliphatic rings. The van der Waals surface area contributed by atoms with Crippen LogP contribution >= 0.6 is 0 Å². The Morgan fingerprint density at radius 2 is 0.849 bits per heavy atom. The van der Waals surface area contributed by atoms with Crippen LogP contribution in [0.4, 0.5) is 0 Å². The molecule has 342 valence electrons. The average Bonchev–Trinajstić information content (AvgIpc) is 4.30. The van der Waals surface area contributed by atoms with Crippen molar-refractivity contribution in [1.82, 2.24) is 37.8 Å². The maximum Gasteiger partial charge on any atom is 0.237 e. The van der Waals surface area contributed by atoms with E-state index in [1.54, 1.807) is 0 Å². The highest BCUT2D eigenvalue weighted by molar-refractivity contribution is 6.26. The van der Waals surface area contributed by atoms with Gasteiger partial charge < -0.3 is 9.13 Å². The normalized spacial score (nSPS) is 12.5. The summed E-state index contributed by atoms with van der Waals surface area (Å²) in [6.45, 7) is 0. The Balaban J connectivity index is 1.04. The van der Waals surface area contributed by atoms with Crippen LogP contribution in [0.25, 0.3) is 128 Å². The number of imidazole rings is 1. The van der Waals surface area contributed by atoms with E-state index in [-0.39, 0.29) is 0 Å². The summed E-state index contributed by atoms with van der Waals surface area (Å²) in [5.41, 5.74) is 18.1. The fourth-order valence-corrected chi connectivity index (χ4v) is 12.3. The summed E-state index contributed by atoms with van der Waals surface area (Å²) in [5, 5.41) is 7.11. The van der Waals surface area contributed by atoms with Crippen LogP contribution in [0.3, 0.4) is 0 Å². The van der Waals surface area contributed by atoms with Gasteiger partial charge in [0.05, 0.1) is 38.8 Å². The molecular formula is C65H42N8. The van der Waals surface area contributed by atoms with E-state index in [1.807, 2.05) is 0 Å². The van der Waals surface area contributed by atoms with Crippen molar-refractivity contribution in [3.05, 3.63) is 242 Å². The molecule has 8 nitrogen and oxygen atoms in total. The van der Waals surface area contributed by atoms with Crippen molar-refractivity contribution >= 4 is 76.6 Å². The lowest BCUT2D eigenvalue weighted by atomic mass is 9.92. The highest BCUT2D eigenvalue weighted by Crippen LogP contribution is 2.48. The first kappa shape index (κ1) is 40.0. The van der Waals surface area contributed by atoms with Crippen molar-refractivity contribution in [2.75, 3.05) is 0 Å². The minimum atomic E-state index is 0.552. The third-order valence-corrected chi connectivity index (χ3v) is 15.2. The Bertz CT molecular complexity index is 4710. The predicted octanol–water partition coefficient (Wildman–Crippen LogP) is 15.3. The topological polar surface area (TPSA) is 63.3 Å². The number of benzene rings is 9. The monoisotopic (exact) mass is 934 g/mol. The fraction of sp³-hybridized carbons (Fsp3) is 0.0308. The zero-order chi connectivity index (χ0) is 47.7. The number of hydrogen-bond donors (Lipinski definition) is 0. The van der Waals surface area contributed by atoms with Gasteiger partial charge >= 0.3 is 0 Å². The van der Waals surface area contributed by atoms with Gasteiger partial charge in [-0.1, -0.05) is 164 Å². The summed E-state index contributed by atoms with van der Waals surface area (Å²) >= 11 is 0. The molecule has 6 aromatic heterocycles. The van der Waals surface area contributed by atoms with Crippen LogP contribution in [0.5, 0.6) is 0 Å². The van der Waals surface area contributed by atoms with E-state index in [2.05, 4.69) is 253 Å². The molecule has 0 amide bonds. The number of aryl methyl sites for hydroxylation is 1. The lowest BCUT2D eigenvalue weighted by molar-refractivity contribution is 0.853. The number of hydrogen-bond acceptors (Lipinski definition) is 3. The molecule has 0 bridgehead atoms. The molecule has 73 heavy (non-hydrogen) atoms. The quantitative estimate of drug-likeness (QED) is 0.167. The van der Waals surface area contributed by atoms with Gasteiger partial charge in [-0.05, 0) is 85.1 Å². The molecule has 8 heteroatoms. The first-order valence-corrected chi connectivity index (χ1v) is 25.0. The van der Waals surface area contributed by atoms with E-state index in [1.165, 1.54) is 43.9 Å². The summed E-state index contributed by atoms with van der Waals surface area (Å²) in [4.78, 5) is 17.2. The molecule has 1 aliphatic carbocycles. The van der Waals surface area contributed by atoms with Crippen LogP contribution in [0.2, 0.25) is 0 Å². The van der Waals surface area contributed by atoms with Crippen molar-refractivity contribution in [2.45, 2.75) is 12.8 Å². The van der Waals surface area contributed by atoms with Gasteiger partial charge in [0.2, 0.25) is 11.9 Å². The standard InChI is InChI=1S/C65H42N8/c1-5-21-41(22-6-1)59-62-63(67-64(66-59)72-54-36-20-16-32-50(54)58-56(72)40-38-47-45-29-13-17-33-51(45)70(60(47)58)43-25-9-3-10-26-43)68-65(71(62)44-27-11-4-12-28-44)73-52-34-18-14-30-46(52)48-37-39-55-57(61(48)73)49-31-15-19-35-53(49)69(55)42-23-7-2-8-24-42/h1-36,38,40H,37,39H2. The molecule has 0 spiro atoms. The zero-order valence-electron chi connectivity index (χ0n) is 39.4. The Morgan fingerprint density at radius 3 is 1.52 bits per heavy atom. The van der Waals surface area contributed by atoms with Gasteiger partial charge in [-0.25, -0.2) is 4.98 Å². The minimum absolute atomic E-state index is 0.552. The molecule has 0 saturated carbocycles. The van der Waals surface area contributed by atoms with Crippen LogP contribution < -0.4 is 0 Å². The maximum atomic E-state index is 5.81. The van der Waals surface area contributed by atoms with Crippen LogP contribution in [-0.4, -0.2) is 37.8 Å². The number of nitrogens with zero attached hydrogens (tertiary/aromatic N) is 8. The second-order valence-corrected chi connectivity index (χ2v) is 19.1. The molecular weight excluding hydrogens is 893 g/mol. The van der Waals surface area contributed by atoms with Gasteiger partial charge in [0.15, 0.2) is 5.65 Å². The Morgan fingerprint density at radius 1 is 0.329 bits per heavy atom. The van der Waals surface area contributed by atoms with Gasteiger partial charge in [-0.3, -0.25) is 13.7 Å². The number of aromatic nitrogens is 8. The summed E-state index contributed by atoms with van der Waals surface area (Å²) in [5.74, 6) is 1.30. The highest BCUT2D eigenvalue weighted by Gasteiger charge is 2.34. The predicted molar refractivity (Wildman–Crippen MR) is 297 cm³/mol.